The molecule has 4 aromatic rings. The average molecular weight is 545 g/mol. The van der Waals surface area contributed by atoms with Crippen LogP contribution in [-0.4, -0.2) is 34.5 Å². The highest BCUT2D eigenvalue weighted by atomic mass is 35.5. The predicted octanol–water partition coefficient (Wildman–Crippen LogP) is 5.65. The molecule has 2 aromatic carbocycles. The first-order valence-electron chi connectivity index (χ1n) is 11.4. The predicted molar refractivity (Wildman–Crippen MR) is 140 cm³/mol. The number of amides is 1. The van der Waals surface area contributed by atoms with Gasteiger partial charge in [-0.1, -0.05) is 42.5 Å². The SMILES string of the molecule is O=C(Nc1n[nH]c2nc(-c3ccc(NS(=O)(=O)c4cc(Cl)ccc4Cl)cc3)ncc12)C1CCCCC1. The lowest BCUT2D eigenvalue weighted by atomic mass is 9.89. The van der Waals surface area contributed by atoms with Gasteiger partial charge in [0.05, 0.1) is 10.4 Å². The topological polar surface area (TPSA) is 130 Å². The Morgan fingerprint density at radius 3 is 2.53 bits per heavy atom. The Hall–Kier alpha value is -3.21. The number of hydrogen-bond donors (Lipinski definition) is 3. The first-order chi connectivity index (χ1) is 17.3. The molecule has 0 bridgehead atoms. The summed E-state index contributed by atoms with van der Waals surface area (Å²) >= 11 is 12.0. The molecule has 12 heteroatoms. The zero-order chi connectivity index (χ0) is 25.3. The number of carbonyl (C=O) groups is 1. The Labute approximate surface area is 217 Å². The normalized spacial score (nSPS) is 14.6. The summed E-state index contributed by atoms with van der Waals surface area (Å²) in [7, 11) is -3.93. The molecular formula is C24H22Cl2N6O3S. The number of carbonyl (C=O) groups excluding carboxylic acids is 1. The Balaban J connectivity index is 1.32. The standard InChI is InChI=1S/C24H22Cl2N6O3S/c25-16-8-11-19(26)20(12-16)36(34,35)32-17-9-6-14(7-10-17)21-27-13-18-22(28-21)30-31-23(18)29-24(33)15-4-2-1-3-5-15/h6-13,15,32H,1-5H2,(H2,27,28,29,30,31,33). The maximum Gasteiger partial charge on any atom is 0.263 e. The lowest BCUT2D eigenvalue weighted by Crippen LogP contribution is -2.24. The lowest BCUT2D eigenvalue weighted by Gasteiger charge is -2.20. The maximum absolute atomic E-state index is 12.7. The number of anilines is 2. The van der Waals surface area contributed by atoms with Crippen LogP contribution in [0.4, 0.5) is 11.5 Å². The van der Waals surface area contributed by atoms with E-state index in [1.165, 1.54) is 24.6 Å². The maximum atomic E-state index is 12.7. The minimum Gasteiger partial charge on any atom is -0.308 e. The summed E-state index contributed by atoms with van der Waals surface area (Å²) in [4.78, 5) is 21.4. The van der Waals surface area contributed by atoms with Crippen LogP contribution >= 0.6 is 23.2 Å². The molecule has 1 saturated carbocycles. The van der Waals surface area contributed by atoms with Crippen molar-refractivity contribution in [2.75, 3.05) is 10.0 Å². The van der Waals surface area contributed by atoms with Gasteiger partial charge in [-0.2, -0.15) is 5.10 Å². The number of fused-ring (bicyclic) bond motifs is 1. The summed E-state index contributed by atoms with van der Waals surface area (Å²) in [5.74, 6) is 0.820. The van der Waals surface area contributed by atoms with E-state index in [-0.39, 0.29) is 26.8 Å². The lowest BCUT2D eigenvalue weighted by molar-refractivity contribution is -0.120. The average Bonchev–Trinajstić information content (AvgIpc) is 3.28. The van der Waals surface area contributed by atoms with Gasteiger partial charge in [-0.3, -0.25) is 14.6 Å². The number of aromatic amines is 1. The van der Waals surface area contributed by atoms with Crippen molar-refractivity contribution in [2.24, 2.45) is 5.92 Å². The number of benzene rings is 2. The molecular weight excluding hydrogens is 523 g/mol. The molecule has 0 radical (unpaired) electrons. The van der Waals surface area contributed by atoms with Crippen LogP contribution in [0.2, 0.25) is 10.0 Å². The van der Waals surface area contributed by atoms with Gasteiger partial charge in [-0.15, -0.1) is 0 Å². The van der Waals surface area contributed by atoms with E-state index in [4.69, 9.17) is 23.2 Å². The highest BCUT2D eigenvalue weighted by Crippen LogP contribution is 2.29. The van der Waals surface area contributed by atoms with Crippen LogP contribution in [0, 0.1) is 5.92 Å². The van der Waals surface area contributed by atoms with E-state index in [2.05, 4.69) is 30.2 Å². The van der Waals surface area contributed by atoms with Crippen molar-refractivity contribution in [1.82, 2.24) is 20.2 Å². The Morgan fingerprint density at radius 1 is 1.03 bits per heavy atom. The molecule has 5 rings (SSSR count). The molecule has 9 nitrogen and oxygen atoms in total. The molecule has 0 spiro atoms. The molecule has 36 heavy (non-hydrogen) atoms. The first kappa shape index (κ1) is 24.5. The molecule has 0 unspecified atom stereocenters. The van der Waals surface area contributed by atoms with Crippen molar-refractivity contribution >= 4 is 61.7 Å². The minimum atomic E-state index is -3.93. The Bertz CT molecular complexity index is 1530. The van der Waals surface area contributed by atoms with Crippen molar-refractivity contribution in [1.29, 1.82) is 0 Å². The highest BCUT2D eigenvalue weighted by Gasteiger charge is 2.23. The summed E-state index contributed by atoms with van der Waals surface area (Å²) in [6.07, 6.45) is 6.71. The molecule has 1 aliphatic rings. The second kappa shape index (κ2) is 10.0. The van der Waals surface area contributed by atoms with E-state index in [1.54, 1.807) is 30.5 Å². The molecule has 1 amide bonds. The third kappa shape index (κ3) is 5.16. The van der Waals surface area contributed by atoms with Gasteiger partial charge in [0.15, 0.2) is 17.3 Å². The largest absolute Gasteiger partial charge is 0.308 e. The van der Waals surface area contributed by atoms with E-state index in [0.717, 1.165) is 25.7 Å². The number of H-pyrrole nitrogens is 1. The number of hydrogen-bond acceptors (Lipinski definition) is 6. The van der Waals surface area contributed by atoms with E-state index in [9.17, 15) is 13.2 Å². The Kier molecular flexibility index (Phi) is 6.83. The van der Waals surface area contributed by atoms with Crippen molar-refractivity contribution < 1.29 is 13.2 Å². The van der Waals surface area contributed by atoms with Gasteiger partial charge in [-0.25, -0.2) is 18.4 Å². The van der Waals surface area contributed by atoms with Crippen LogP contribution in [0.5, 0.6) is 0 Å². The van der Waals surface area contributed by atoms with Crippen molar-refractivity contribution in [3.05, 3.63) is 58.7 Å². The van der Waals surface area contributed by atoms with Crippen LogP contribution in [0.3, 0.4) is 0 Å². The second-order valence-electron chi connectivity index (χ2n) is 8.61. The van der Waals surface area contributed by atoms with Crippen molar-refractivity contribution in [3.8, 4) is 11.4 Å². The molecule has 2 heterocycles. The quantitative estimate of drug-likeness (QED) is 0.287. The van der Waals surface area contributed by atoms with Gasteiger partial charge >= 0.3 is 0 Å². The second-order valence-corrected chi connectivity index (χ2v) is 11.1. The molecule has 0 atom stereocenters. The van der Waals surface area contributed by atoms with Crippen LogP contribution in [0.25, 0.3) is 22.4 Å². The summed E-state index contributed by atoms with van der Waals surface area (Å²) in [6, 6.07) is 10.8. The summed E-state index contributed by atoms with van der Waals surface area (Å²) in [6.45, 7) is 0. The van der Waals surface area contributed by atoms with Gasteiger partial charge in [-0.05, 0) is 55.3 Å². The highest BCUT2D eigenvalue weighted by molar-refractivity contribution is 7.92. The van der Waals surface area contributed by atoms with Crippen molar-refractivity contribution in [2.45, 2.75) is 37.0 Å². The number of rotatable bonds is 6. The van der Waals surface area contributed by atoms with Crippen molar-refractivity contribution in [3.63, 3.8) is 0 Å². The first-order valence-corrected chi connectivity index (χ1v) is 13.6. The molecule has 1 aliphatic carbocycles. The summed E-state index contributed by atoms with van der Waals surface area (Å²) in [5.41, 5.74) is 1.49. The van der Waals surface area contributed by atoms with Crippen LogP contribution in [-0.2, 0) is 14.8 Å². The van der Waals surface area contributed by atoms with E-state index >= 15 is 0 Å². The van der Waals surface area contributed by atoms with E-state index < -0.39 is 10.0 Å². The fourth-order valence-electron chi connectivity index (χ4n) is 4.21. The van der Waals surface area contributed by atoms with E-state index in [0.29, 0.717) is 33.9 Å². The van der Waals surface area contributed by atoms with Gasteiger partial charge < -0.3 is 5.32 Å². The number of nitrogens with zero attached hydrogens (tertiary/aromatic N) is 3. The van der Waals surface area contributed by atoms with Gasteiger partial charge in [0.1, 0.15) is 4.90 Å². The van der Waals surface area contributed by atoms with Crippen LogP contribution in [0.1, 0.15) is 32.1 Å². The smallest absolute Gasteiger partial charge is 0.263 e. The fourth-order valence-corrected chi connectivity index (χ4v) is 6.03. The zero-order valence-corrected chi connectivity index (χ0v) is 21.3. The minimum absolute atomic E-state index is 0.0107. The molecule has 0 saturated heterocycles. The van der Waals surface area contributed by atoms with Crippen LogP contribution < -0.4 is 10.0 Å². The monoisotopic (exact) mass is 544 g/mol. The molecule has 0 aliphatic heterocycles. The number of aromatic nitrogens is 4. The fraction of sp³-hybridized carbons (Fsp3) is 0.250. The number of halogens is 2. The number of nitrogens with one attached hydrogen (secondary N) is 3. The van der Waals surface area contributed by atoms with Gasteiger partial charge in [0.25, 0.3) is 10.0 Å². The third-order valence-corrected chi connectivity index (χ3v) is 8.21. The Morgan fingerprint density at radius 2 is 1.78 bits per heavy atom. The van der Waals surface area contributed by atoms with Gasteiger partial charge in [0.2, 0.25) is 5.91 Å². The molecule has 1 fully saturated rings. The molecule has 186 valence electrons. The number of sulfonamides is 1. The van der Waals surface area contributed by atoms with E-state index in [1.807, 2.05) is 0 Å². The van der Waals surface area contributed by atoms with Crippen LogP contribution in [0.15, 0.2) is 53.6 Å². The molecule has 2 aromatic heterocycles. The molecule has 3 N–H and O–H groups in total. The van der Waals surface area contributed by atoms with Gasteiger partial charge in [0, 0.05) is 28.4 Å². The zero-order valence-electron chi connectivity index (χ0n) is 19.0. The third-order valence-electron chi connectivity index (χ3n) is 6.11. The summed E-state index contributed by atoms with van der Waals surface area (Å²) < 4.78 is 28.0. The summed E-state index contributed by atoms with van der Waals surface area (Å²) in [5, 5.41) is 10.9.